The van der Waals surface area contributed by atoms with E-state index in [4.69, 9.17) is 27.7 Å². The molecule has 1 atom stereocenters. The first kappa shape index (κ1) is 14.7. The number of hydrogen-bond acceptors (Lipinski definition) is 4. The summed E-state index contributed by atoms with van der Waals surface area (Å²) in [6, 6.07) is 2.17. The summed E-state index contributed by atoms with van der Waals surface area (Å²) in [6.45, 7) is 2.82. The monoisotopic (exact) mass is 305 g/mol. The summed E-state index contributed by atoms with van der Waals surface area (Å²) in [5.41, 5.74) is 9.46. The van der Waals surface area contributed by atoms with Crippen molar-refractivity contribution in [3.05, 3.63) is 22.9 Å². The van der Waals surface area contributed by atoms with E-state index in [0.29, 0.717) is 10.9 Å². The maximum atomic E-state index is 5.95. The fourth-order valence-corrected chi connectivity index (χ4v) is 3.66. The maximum Gasteiger partial charge on any atom is 0.139 e. The number of piperidine rings is 1. The minimum Gasteiger partial charge on any atom is -0.389 e. The Kier molecular flexibility index (Phi) is 4.40. The molecule has 21 heavy (non-hydrogen) atoms. The van der Waals surface area contributed by atoms with Gasteiger partial charge in [0.05, 0.1) is 12.2 Å². The number of methoxy groups -OCH3 is 1. The molecule has 0 aromatic carbocycles. The fourth-order valence-electron chi connectivity index (χ4n) is 3.51. The molecule has 1 unspecified atom stereocenters. The van der Waals surface area contributed by atoms with Crippen LogP contribution in [0, 0.1) is 5.92 Å². The number of nitrogens with two attached hydrogens (primary N) is 1. The summed E-state index contributed by atoms with van der Waals surface area (Å²) >= 11 is 5.26. The van der Waals surface area contributed by atoms with E-state index >= 15 is 0 Å². The molecule has 0 saturated carbocycles. The van der Waals surface area contributed by atoms with Gasteiger partial charge in [-0.3, -0.25) is 0 Å². The molecule has 1 aromatic heterocycles. The average Bonchev–Trinajstić information content (AvgIpc) is 2.94. The minimum absolute atomic E-state index is 0.459. The number of fused-ring (bicyclic) bond motifs is 1. The SMILES string of the molecule is COCC1CCCN(c2nc3c(cc2C(N)=S)CCC3)C1. The number of aryl methyl sites for hydroxylation is 2. The van der Waals surface area contributed by atoms with Gasteiger partial charge in [0.1, 0.15) is 10.8 Å². The van der Waals surface area contributed by atoms with Crippen LogP contribution in [-0.4, -0.2) is 36.8 Å². The lowest BCUT2D eigenvalue weighted by atomic mass is 9.98. The zero-order valence-corrected chi connectivity index (χ0v) is 13.4. The summed E-state index contributed by atoms with van der Waals surface area (Å²) < 4.78 is 5.32. The van der Waals surface area contributed by atoms with Crippen LogP contribution in [0.1, 0.15) is 36.1 Å². The number of rotatable bonds is 4. The van der Waals surface area contributed by atoms with Gasteiger partial charge in [-0.25, -0.2) is 4.98 Å². The third-order valence-corrected chi connectivity index (χ3v) is 4.74. The van der Waals surface area contributed by atoms with Crippen molar-refractivity contribution in [1.82, 2.24) is 4.98 Å². The quantitative estimate of drug-likeness (QED) is 0.863. The lowest BCUT2D eigenvalue weighted by Gasteiger charge is -2.34. The molecule has 1 aliphatic carbocycles. The highest BCUT2D eigenvalue weighted by Crippen LogP contribution is 2.30. The van der Waals surface area contributed by atoms with Crippen molar-refractivity contribution in [3.63, 3.8) is 0 Å². The first-order valence-corrected chi connectivity index (χ1v) is 8.16. The fraction of sp³-hybridized carbons (Fsp3) is 0.625. The van der Waals surface area contributed by atoms with Crippen LogP contribution in [0.2, 0.25) is 0 Å². The van der Waals surface area contributed by atoms with Gasteiger partial charge >= 0.3 is 0 Å². The molecule has 3 rings (SSSR count). The molecular weight excluding hydrogens is 282 g/mol. The predicted octanol–water partition coefficient (Wildman–Crippen LogP) is 2.07. The van der Waals surface area contributed by atoms with E-state index in [2.05, 4.69) is 11.0 Å². The van der Waals surface area contributed by atoms with Crippen LogP contribution in [0.15, 0.2) is 6.07 Å². The third-order valence-electron chi connectivity index (χ3n) is 4.52. The normalized spacial score (nSPS) is 21.4. The van der Waals surface area contributed by atoms with Gasteiger partial charge in [0.2, 0.25) is 0 Å². The summed E-state index contributed by atoms with van der Waals surface area (Å²) in [5.74, 6) is 1.56. The number of thiocarbonyl (C=S) groups is 1. The van der Waals surface area contributed by atoms with Crippen LogP contribution in [-0.2, 0) is 17.6 Å². The van der Waals surface area contributed by atoms with Crippen LogP contribution < -0.4 is 10.6 Å². The van der Waals surface area contributed by atoms with Gasteiger partial charge in [0, 0.05) is 25.9 Å². The molecule has 114 valence electrons. The van der Waals surface area contributed by atoms with Crippen molar-refractivity contribution in [1.29, 1.82) is 0 Å². The molecule has 0 radical (unpaired) electrons. The highest BCUT2D eigenvalue weighted by Gasteiger charge is 2.25. The van der Waals surface area contributed by atoms with E-state index in [9.17, 15) is 0 Å². The number of hydrogen-bond donors (Lipinski definition) is 1. The first-order chi connectivity index (χ1) is 10.2. The molecule has 0 spiro atoms. The number of aromatic nitrogens is 1. The van der Waals surface area contributed by atoms with Crippen molar-refractivity contribution in [2.75, 3.05) is 31.7 Å². The first-order valence-electron chi connectivity index (χ1n) is 7.75. The molecule has 1 saturated heterocycles. The average molecular weight is 305 g/mol. The largest absolute Gasteiger partial charge is 0.389 e. The lowest BCUT2D eigenvalue weighted by Crippen LogP contribution is -2.39. The summed E-state index contributed by atoms with van der Waals surface area (Å²) in [6.07, 6.45) is 5.76. The molecule has 2 N–H and O–H groups in total. The van der Waals surface area contributed by atoms with Crippen LogP contribution in [0.4, 0.5) is 5.82 Å². The van der Waals surface area contributed by atoms with Crippen LogP contribution in [0.3, 0.4) is 0 Å². The molecule has 1 aromatic rings. The van der Waals surface area contributed by atoms with Crippen LogP contribution >= 0.6 is 12.2 Å². The molecule has 2 heterocycles. The molecule has 5 heteroatoms. The van der Waals surface area contributed by atoms with E-state index < -0.39 is 0 Å². The summed E-state index contributed by atoms with van der Waals surface area (Å²) in [5, 5.41) is 0. The molecule has 0 bridgehead atoms. The Labute approximate surface area is 131 Å². The third kappa shape index (κ3) is 3.04. The highest BCUT2D eigenvalue weighted by atomic mass is 32.1. The Morgan fingerprint density at radius 2 is 2.33 bits per heavy atom. The molecule has 1 fully saturated rings. The van der Waals surface area contributed by atoms with Crippen LogP contribution in [0.25, 0.3) is 0 Å². The van der Waals surface area contributed by atoms with Gasteiger partial charge in [-0.2, -0.15) is 0 Å². The van der Waals surface area contributed by atoms with Crippen molar-refractivity contribution in [2.24, 2.45) is 11.7 Å². The molecule has 0 amide bonds. The highest BCUT2D eigenvalue weighted by molar-refractivity contribution is 7.80. The lowest BCUT2D eigenvalue weighted by molar-refractivity contribution is 0.143. The van der Waals surface area contributed by atoms with E-state index in [0.717, 1.165) is 43.9 Å². The predicted molar refractivity (Wildman–Crippen MR) is 89.0 cm³/mol. The Bertz CT molecular complexity index is 545. The molecular formula is C16H23N3OS. The van der Waals surface area contributed by atoms with Gasteiger partial charge in [0.25, 0.3) is 0 Å². The van der Waals surface area contributed by atoms with Gasteiger partial charge in [-0.05, 0) is 49.7 Å². The van der Waals surface area contributed by atoms with Crippen molar-refractivity contribution < 1.29 is 4.74 Å². The second kappa shape index (κ2) is 6.28. The number of pyridine rings is 1. The summed E-state index contributed by atoms with van der Waals surface area (Å²) in [4.78, 5) is 7.72. The van der Waals surface area contributed by atoms with E-state index in [1.165, 1.54) is 30.5 Å². The van der Waals surface area contributed by atoms with Crippen molar-refractivity contribution in [3.8, 4) is 0 Å². The van der Waals surface area contributed by atoms with Crippen molar-refractivity contribution in [2.45, 2.75) is 32.1 Å². The van der Waals surface area contributed by atoms with Crippen LogP contribution in [0.5, 0.6) is 0 Å². The van der Waals surface area contributed by atoms with E-state index in [1.807, 2.05) is 0 Å². The Morgan fingerprint density at radius 1 is 1.48 bits per heavy atom. The minimum atomic E-state index is 0.459. The number of nitrogens with zero attached hydrogens (tertiary/aromatic N) is 2. The zero-order valence-electron chi connectivity index (χ0n) is 12.6. The maximum absolute atomic E-state index is 5.95. The number of ether oxygens (including phenoxy) is 1. The van der Waals surface area contributed by atoms with Gasteiger partial charge in [0.15, 0.2) is 0 Å². The topological polar surface area (TPSA) is 51.4 Å². The zero-order chi connectivity index (χ0) is 14.8. The smallest absolute Gasteiger partial charge is 0.139 e. The molecule has 2 aliphatic rings. The second-order valence-corrected chi connectivity index (χ2v) is 6.53. The van der Waals surface area contributed by atoms with E-state index in [-0.39, 0.29) is 0 Å². The van der Waals surface area contributed by atoms with E-state index in [1.54, 1.807) is 7.11 Å². The number of anilines is 1. The van der Waals surface area contributed by atoms with Gasteiger partial charge < -0.3 is 15.4 Å². The standard InChI is InChI=1S/C16H23N3OS/c1-20-10-11-4-3-7-19(9-11)16-13(15(17)21)8-12-5-2-6-14(12)18-16/h8,11H,2-7,9-10H2,1H3,(H2,17,21). The summed E-state index contributed by atoms with van der Waals surface area (Å²) in [7, 11) is 1.77. The molecule has 4 nitrogen and oxygen atoms in total. The Hall–Kier alpha value is -1.20. The van der Waals surface area contributed by atoms with Gasteiger partial charge in [-0.1, -0.05) is 12.2 Å². The van der Waals surface area contributed by atoms with Crippen molar-refractivity contribution >= 4 is 23.0 Å². The Morgan fingerprint density at radius 3 is 3.10 bits per heavy atom. The second-order valence-electron chi connectivity index (χ2n) is 6.09. The van der Waals surface area contributed by atoms with Gasteiger partial charge in [-0.15, -0.1) is 0 Å². The molecule has 1 aliphatic heterocycles. The Balaban J connectivity index is 1.91.